The van der Waals surface area contributed by atoms with Gasteiger partial charge in [-0.25, -0.2) is 0 Å². The number of aromatic nitrogens is 3. The molecule has 0 fully saturated rings. The van der Waals surface area contributed by atoms with Crippen molar-refractivity contribution in [3.05, 3.63) is 48.4 Å². The van der Waals surface area contributed by atoms with Gasteiger partial charge in [0.2, 0.25) is 5.91 Å². The number of aromatic amines is 1. The Balaban J connectivity index is 1.71. The lowest BCUT2D eigenvalue weighted by Crippen LogP contribution is -2.13. The van der Waals surface area contributed by atoms with E-state index in [0.29, 0.717) is 6.42 Å². The molecule has 21 heavy (non-hydrogen) atoms. The van der Waals surface area contributed by atoms with Gasteiger partial charge in [0.15, 0.2) is 0 Å². The minimum Gasteiger partial charge on any atom is -0.361 e. The molecule has 0 saturated heterocycles. The van der Waals surface area contributed by atoms with Crippen LogP contribution >= 0.6 is 0 Å². The van der Waals surface area contributed by atoms with Crippen molar-refractivity contribution < 1.29 is 4.79 Å². The smallest absolute Gasteiger partial charge is 0.228 e. The molecule has 2 aromatic heterocycles. The Kier molecular flexibility index (Phi) is 3.48. The summed E-state index contributed by atoms with van der Waals surface area (Å²) in [4.78, 5) is 15.3. The number of hydrogen-bond acceptors (Lipinski definition) is 2. The van der Waals surface area contributed by atoms with Crippen molar-refractivity contribution in [3.8, 4) is 0 Å². The van der Waals surface area contributed by atoms with Crippen LogP contribution in [0, 0.1) is 0 Å². The summed E-state index contributed by atoms with van der Waals surface area (Å²) in [6.07, 6.45) is 5.75. The second kappa shape index (κ2) is 5.44. The molecule has 3 aromatic rings. The number of benzene rings is 1. The summed E-state index contributed by atoms with van der Waals surface area (Å²) < 4.78 is 1.82. The van der Waals surface area contributed by atoms with Crippen LogP contribution < -0.4 is 5.32 Å². The molecular formula is C16H18N4O. The normalized spacial score (nSPS) is 11.2. The first kappa shape index (κ1) is 13.4. The summed E-state index contributed by atoms with van der Waals surface area (Å²) in [5.41, 5.74) is 2.78. The molecule has 0 saturated carbocycles. The molecule has 0 unspecified atom stereocenters. The summed E-state index contributed by atoms with van der Waals surface area (Å²) in [6.45, 7) is 4.09. The molecule has 0 bridgehead atoms. The predicted molar refractivity (Wildman–Crippen MR) is 83.2 cm³/mol. The number of carbonyl (C=O) groups excluding carboxylic acids is 1. The highest BCUT2D eigenvalue weighted by Crippen LogP contribution is 2.18. The third kappa shape index (κ3) is 2.81. The fourth-order valence-electron chi connectivity index (χ4n) is 2.34. The zero-order chi connectivity index (χ0) is 14.8. The van der Waals surface area contributed by atoms with E-state index in [0.717, 1.165) is 22.2 Å². The molecule has 0 aliphatic heterocycles. The van der Waals surface area contributed by atoms with E-state index in [1.165, 1.54) is 0 Å². The molecular weight excluding hydrogens is 264 g/mol. The number of rotatable bonds is 4. The Morgan fingerprint density at radius 3 is 2.95 bits per heavy atom. The van der Waals surface area contributed by atoms with Crippen LogP contribution in [0.5, 0.6) is 0 Å². The number of para-hydroxylation sites is 1. The third-order valence-corrected chi connectivity index (χ3v) is 3.44. The number of amides is 1. The Morgan fingerprint density at radius 1 is 1.38 bits per heavy atom. The summed E-state index contributed by atoms with van der Waals surface area (Å²) in [5.74, 6) is -0.0388. The molecule has 0 spiro atoms. The summed E-state index contributed by atoms with van der Waals surface area (Å²) in [5, 5.41) is 8.18. The maximum absolute atomic E-state index is 12.1. The van der Waals surface area contributed by atoms with E-state index in [9.17, 15) is 4.79 Å². The second-order valence-electron chi connectivity index (χ2n) is 5.39. The number of nitrogens with zero attached hydrogens (tertiary/aromatic N) is 2. The van der Waals surface area contributed by atoms with E-state index < -0.39 is 0 Å². The van der Waals surface area contributed by atoms with E-state index in [-0.39, 0.29) is 11.9 Å². The lowest BCUT2D eigenvalue weighted by atomic mass is 10.1. The first-order chi connectivity index (χ1) is 10.1. The van der Waals surface area contributed by atoms with Gasteiger partial charge in [-0.15, -0.1) is 0 Å². The van der Waals surface area contributed by atoms with Gasteiger partial charge >= 0.3 is 0 Å². The molecule has 108 valence electrons. The topological polar surface area (TPSA) is 62.7 Å². The molecule has 5 nitrogen and oxygen atoms in total. The quantitative estimate of drug-likeness (QED) is 0.772. The van der Waals surface area contributed by atoms with Crippen molar-refractivity contribution in [2.75, 3.05) is 5.32 Å². The highest BCUT2D eigenvalue weighted by atomic mass is 16.1. The molecule has 1 amide bonds. The van der Waals surface area contributed by atoms with Crippen LogP contribution in [-0.2, 0) is 11.2 Å². The highest BCUT2D eigenvalue weighted by Gasteiger charge is 2.10. The fourth-order valence-corrected chi connectivity index (χ4v) is 2.34. The number of nitrogens with one attached hydrogen (secondary N) is 2. The van der Waals surface area contributed by atoms with E-state index >= 15 is 0 Å². The first-order valence-electron chi connectivity index (χ1n) is 7.02. The molecule has 2 heterocycles. The maximum Gasteiger partial charge on any atom is 0.228 e. The first-order valence-corrected chi connectivity index (χ1v) is 7.02. The Morgan fingerprint density at radius 2 is 2.19 bits per heavy atom. The van der Waals surface area contributed by atoms with E-state index in [4.69, 9.17) is 0 Å². The Bertz CT molecular complexity index is 769. The van der Waals surface area contributed by atoms with Gasteiger partial charge in [-0.05, 0) is 25.5 Å². The average Bonchev–Trinajstić information content (AvgIpc) is 3.07. The van der Waals surface area contributed by atoms with Gasteiger partial charge in [-0.1, -0.05) is 18.2 Å². The monoisotopic (exact) mass is 282 g/mol. The van der Waals surface area contributed by atoms with Crippen molar-refractivity contribution in [1.82, 2.24) is 14.8 Å². The van der Waals surface area contributed by atoms with Crippen LogP contribution in [0.15, 0.2) is 42.9 Å². The Labute approximate surface area is 123 Å². The third-order valence-electron chi connectivity index (χ3n) is 3.44. The summed E-state index contributed by atoms with van der Waals surface area (Å²) in [7, 11) is 0. The zero-order valence-corrected chi connectivity index (χ0v) is 12.1. The Hall–Kier alpha value is -2.56. The van der Waals surface area contributed by atoms with Crippen LogP contribution in [0.25, 0.3) is 10.9 Å². The van der Waals surface area contributed by atoms with Gasteiger partial charge in [0.25, 0.3) is 0 Å². The van der Waals surface area contributed by atoms with E-state index in [1.807, 2.05) is 55.2 Å². The molecule has 2 N–H and O–H groups in total. The van der Waals surface area contributed by atoms with Gasteiger partial charge in [0.1, 0.15) is 0 Å². The van der Waals surface area contributed by atoms with Crippen LogP contribution in [0.4, 0.5) is 5.69 Å². The number of H-pyrrole nitrogens is 1. The second-order valence-corrected chi connectivity index (χ2v) is 5.39. The number of carbonyl (C=O) groups is 1. The van der Waals surface area contributed by atoms with Gasteiger partial charge in [-0.3, -0.25) is 9.48 Å². The summed E-state index contributed by atoms with van der Waals surface area (Å²) in [6, 6.07) is 8.26. The van der Waals surface area contributed by atoms with Gasteiger partial charge in [0.05, 0.1) is 18.3 Å². The molecule has 3 rings (SSSR count). The SMILES string of the molecule is CC(C)n1cc(NC(=O)Cc2c[nH]c3ccccc23)cn1. The molecule has 0 radical (unpaired) electrons. The molecule has 0 atom stereocenters. The van der Waals surface area contributed by atoms with E-state index in [1.54, 1.807) is 6.20 Å². The minimum atomic E-state index is -0.0388. The van der Waals surface area contributed by atoms with Gasteiger partial charge in [0, 0.05) is 29.3 Å². The van der Waals surface area contributed by atoms with Crippen LogP contribution in [-0.4, -0.2) is 20.7 Å². The number of fused-ring (bicyclic) bond motifs is 1. The molecule has 5 heteroatoms. The van der Waals surface area contributed by atoms with Crippen molar-refractivity contribution in [1.29, 1.82) is 0 Å². The molecule has 0 aliphatic carbocycles. The zero-order valence-electron chi connectivity index (χ0n) is 12.1. The average molecular weight is 282 g/mol. The standard InChI is InChI=1S/C16H18N4O/c1-11(2)20-10-13(9-18-20)19-16(21)7-12-8-17-15-6-4-3-5-14(12)15/h3-6,8-11,17H,7H2,1-2H3,(H,19,21). The number of hydrogen-bond donors (Lipinski definition) is 2. The van der Waals surface area contributed by atoms with E-state index in [2.05, 4.69) is 15.4 Å². The predicted octanol–water partition coefficient (Wildman–Crippen LogP) is 3.13. The lowest BCUT2D eigenvalue weighted by Gasteiger charge is -2.04. The fraction of sp³-hybridized carbons (Fsp3) is 0.250. The van der Waals surface area contributed by atoms with Crippen LogP contribution in [0.3, 0.4) is 0 Å². The van der Waals surface area contributed by atoms with Crippen LogP contribution in [0.1, 0.15) is 25.5 Å². The van der Waals surface area contributed by atoms with Gasteiger partial charge in [-0.2, -0.15) is 5.10 Å². The minimum absolute atomic E-state index is 0.0388. The van der Waals surface area contributed by atoms with Crippen molar-refractivity contribution in [2.45, 2.75) is 26.3 Å². The maximum atomic E-state index is 12.1. The van der Waals surface area contributed by atoms with Crippen molar-refractivity contribution in [2.24, 2.45) is 0 Å². The highest BCUT2D eigenvalue weighted by molar-refractivity contribution is 5.95. The summed E-state index contributed by atoms with van der Waals surface area (Å²) >= 11 is 0. The van der Waals surface area contributed by atoms with Gasteiger partial charge < -0.3 is 10.3 Å². The number of anilines is 1. The van der Waals surface area contributed by atoms with Crippen molar-refractivity contribution in [3.63, 3.8) is 0 Å². The largest absolute Gasteiger partial charge is 0.361 e. The molecule has 0 aliphatic rings. The molecule has 1 aromatic carbocycles. The van der Waals surface area contributed by atoms with Crippen LogP contribution in [0.2, 0.25) is 0 Å². The van der Waals surface area contributed by atoms with Crippen molar-refractivity contribution >= 4 is 22.5 Å². The lowest BCUT2D eigenvalue weighted by molar-refractivity contribution is -0.115.